The Balaban J connectivity index is 0.00000364. The molecule has 8 heteroatoms. The molecule has 1 saturated heterocycles. The average molecular weight is 529 g/mol. The zero-order valence-electron chi connectivity index (χ0n) is 16.4. The van der Waals surface area contributed by atoms with Crippen molar-refractivity contribution in [1.82, 2.24) is 15.5 Å². The zero-order chi connectivity index (χ0) is 18.8. The molecular formula is C19H34ClIN4OS. The lowest BCUT2D eigenvalue weighted by Gasteiger charge is -2.33. The largest absolute Gasteiger partial charge is 0.386 e. The number of thiophene rings is 1. The third kappa shape index (κ3) is 9.30. The van der Waals surface area contributed by atoms with E-state index in [1.54, 1.807) is 6.07 Å². The fourth-order valence-corrected chi connectivity index (χ4v) is 4.29. The summed E-state index contributed by atoms with van der Waals surface area (Å²) in [4.78, 5) is 7.96. The molecule has 0 aliphatic carbocycles. The van der Waals surface area contributed by atoms with Gasteiger partial charge in [0, 0.05) is 24.0 Å². The molecule has 27 heavy (non-hydrogen) atoms. The SMILES string of the molecule is CCNC(=NCC(O)c1ccc(Cl)s1)NCCCCN1CCCCC1C.I. The summed E-state index contributed by atoms with van der Waals surface area (Å²) in [6, 6.07) is 4.40. The van der Waals surface area contributed by atoms with Gasteiger partial charge in [0.05, 0.1) is 10.9 Å². The van der Waals surface area contributed by atoms with E-state index in [9.17, 15) is 5.11 Å². The van der Waals surface area contributed by atoms with Crippen LogP contribution in [0.1, 0.15) is 56.9 Å². The lowest BCUT2D eigenvalue weighted by Crippen LogP contribution is -2.39. The summed E-state index contributed by atoms with van der Waals surface area (Å²) in [7, 11) is 0. The van der Waals surface area contributed by atoms with Gasteiger partial charge in [-0.05, 0) is 64.8 Å². The molecule has 0 bridgehead atoms. The minimum atomic E-state index is -0.608. The highest BCUT2D eigenvalue weighted by atomic mass is 127. The van der Waals surface area contributed by atoms with Gasteiger partial charge in [0.15, 0.2) is 5.96 Å². The predicted molar refractivity (Wildman–Crippen MR) is 128 cm³/mol. The van der Waals surface area contributed by atoms with Crippen LogP contribution in [0.2, 0.25) is 4.34 Å². The summed E-state index contributed by atoms with van der Waals surface area (Å²) in [5.41, 5.74) is 0. The number of aliphatic hydroxyl groups is 1. The lowest BCUT2D eigenvalue weighted by molar-refractivity contribution is 0.158. The van der Waals surface area contributed by atoms with Gasteiger partial charge in [-0.1, -0.05) is 18.0 Å². The molecule has 1 aliphatic rings. The van der Waals surface area contributed by atoms with Crippen molar-refractivity contribution in [1.29, 1.82) is 0 Å². The van der Waals surface area contributed by atoms with E-state index < -0.39 is 6.10 Å². The smallest absolute Gasteiger partial charge is 0.191 e. The fourth-order valence-electron chi connectivity index (χ4n) is 3.25. The number of hydrogen-bond donors (Lipinski definition) is 3. The van der Waals surface area contributed by atoms with Gasteiger partial charge in [0.1, 0.15) is 6.10 Å². The van der Waals surface area contributed by atoms with Crippen LogP contribution in [0.15, 0.2) is 17.1 Å². The number of guanidine groups is 1. The van der Waals surface area contributed by atoms with Crippen molar-refractivity contribution < 1.29 is 5.11 Å². The Bertz CT molecular complexity index is 558. The number of nitrogens with zero attached hydrogens (tertiary/aromatic N) is 2. The van der Waals surface area contributed by atoms with E-state index in [1.807, 2.05) is 13.0 Å². The normalized spacial score (nSPS) is 19.4. The highest BCUT2D eigenvalue weighted by Crippen LogP contribution is 2.26. The van der Waals surface area contributed by atoms with Crippen LogP contribution >= 0.6 is 46.9 Å². The number of halogens is 2. The Hall–Kier alpha value is -0.0900. The van der Waals surface area contributed by atoms with E-state index in [4.69, 9.17) is 11.6 Å². The van der Waals surface area contributed by atoms with Gasteiger partial charge in [0.25, 0.3) is 0 Å². The van der Waals surface area contributed by atoms with Crippen LogP contribution in [-0.4, -0.2) is 54.7 Å². The quantitative estimate of drug-likeness (QED) is 0.194. The van der Waals surface area contributed by atoms with Crippen molar-refractivity contribution in [3.8, 4) is 0 Å². The first-order chi connectivity index (χ1) is 12.6. The molecule has 0 amide bonds. The maximum absolute atomic E-state index is 10.2. The van der Waals surface area contributed by atoms with Crippen molar-refractivity contribution in [3.63, 3.8) is 0 Å². The maximum Gasteiger partial charge on any atom is 0.191 e. The lowest BCUT2D eigenvalue weighted by atomic mass is 10.0. The Morgan fingerprint density at radius 1 is 1.37 bits per heavy atom. The summed E-state index contributed by atoms with van der Waals surface area (Å²) in [6.07, 6.45) is 5.78. The molecular weight excluding hydrogens is 495 g/mol. The number of likely N-dealkylation sites (tertiary alicyclic amines) is 1. The third-order valence-corrected chi connectivity index (χ3v) is 6.13. The van der Waals surface area contributed by atoms with Crippen molar-refractivity contribution in [3.05, 3.63) is 21.3 Å². The zero-order valence-corrected chi connectivity index (χ0v) is 20.3. The standard InChI is InChI=1S/C19H33ClN4OS.HI/c1-3-21-19(23-14-16(25)17-9-10-18(20)26-17)22-11-5-7-13-24-12-6-4-8-15(24)2;/h9-10,15-16,25H,3-8,11-14H2,1-2H3,(H2,21,22,23);1H. The summed E-state index contributed by atoms with van der Waals surface area (Å²) in [5.74, 6) is 0.764. The van der Waals surface area contributed by atoms with Crippen molar-refractivity contribution in [2.45, 2.75) is 58.1 Å². The van der Waals surface area contributed by atoms with Crippen LogP contribution in [0.5, 0.6) is 0 Å². The third-order valence-electron chi connectivity index (χ3n) is 4.79. The first-order valence-electron chi connectivity index (χ1n) is 9.79. The van der Waals surface area contributed by atoms with E-state index in [-0.39, 0.29) is 24.0 Å². The molecule has 0 aromatic carbocycles. The maximum atomic E-state index is 10.2. The van der Waals surface area contributed by atoms with E-state index in [0.717, 1.165) is 36.4 Å². The molecule has 1 aromatic rings. The molecule has 0 saturated carbocycles. The van der Waals surface area contributed by atoms with E-state index >= 15 is 0 Å². The van der Waals surface area contributed by atoms with Gasteiger partial charge in [-0.15, -0.1) is 35.3 Å². The van der Waals surface area contributed by atoms with Gasteiger partial charge in [-0.3, -0.25) is 4.99 Å². The molecule has 0 spiro atoms. The van der Waals surface area contributed by atoms with Gasteiger partial charge < -0.3 is 20.6 Å². The Labute approximate surface area is 190 Å². The minimum Gasteiger partial charge on any atom is -0.386 e. The summed E-state index contributed by atoms with van der Waals surface area (Å²) >= 11 is 7.32. The fraction of sp³-hybridized carbons (Fsp3) is 0.737. The second-order valence-electron chi connectivity index (χ2n) is 6.89. The Kier molecular flexibility index (Phi) is 12.9. The summed E-state index contributed by atoms with van der Waals surface area (Å²) in [6.45, 7) is 8.87. The molecule has 1 aromatic heterocycles. The Morgan fingerprint density at radius 3 is 2.85 bits per heavy atom. The van der Waals surface area contributed by atoms with Gasteiger partial charge >= 0.3 is 0 Å². The van der Waals surface area contributed by atoms with Crippen LogP contribution in [0.4, 0.5) is 0 Å². The molecule has 3 N–H and O–H groups in total. The first kappa shape index (κ1) is 24.9. The first-order valence-corrected chi connectivity index (χ1v) is 11.0. The second kappa shape index (κ2) is 14.0. The monoisotopic (exact) mass is 528 g/mol. The molecule has 2 heterocycles. The number of rotatable bonds is 9. The molecule has 1 fully saturated rings. The van der Waals surface area contributed by atoms with E-state index in [2.05, 4.69) is 27.4 Å². The predicted octanol–water partition coefficient (Wildman–Crippen LogP) is 4.26. The van der Waals surface area contributed by atoms with Crippen LogP contribution < -0.4 is 10.6 Å². The number of unbranched alkanes of at least 4 members (excludes halogenated alkanes) is 1. The van der Waals surface area contributed by atoms with Crippen LogP contribution in [0, 0.1) is 0 Å². The molecule has 2 rings (SSSR count). The van der Waals surface area contributed by atoms with Gasteiger partial charge in [-0.25, -0.2) is 0 Å². The molecule has 2 atom stereocenters. The molecule has 2 unspecified atom stereocenters. The number of aliphatic imine (C=N–C) groups is 1. The number of hydrogen-bond acceptors (Lipinski definition) is 4. The highest BCUT2D eigenvalue weighted by molar-refractivity contribution is 14.0. The topological polar surface area (TPSA) is 59.9 Å². The van der Waals surface area contributed by atoms with E-state index in [0.29, 0.717) is 10.9 Å². The molecule has 5 nitrogen and oxygen atoms in total. The van der Waals surface area contributed by atoms with Crippen molar-refractivity contribution in [2.75, 3.05) is 32.7 Å². The van der Waals surface area contributed by atoms with E-state index in [1.165, 1.54) is 50.1 Å². The molecule has 1 aliphatic heterocycles. The average Bonchev–Trinajstić information content (AvgIpc) is 3.07. The van der Waals surface area contributed by atoms with Crippen molar-refractivity contribution in [2.24, 2.45) is 4.99 Å². The summed E-state index contributed by atoms with van der Waals surface area (Å²) in [5, 5.41) is 16.8. The number of nitrogens with one attached hydrogen (secondary N) is 2. The molecule has 156 valence electrons. The van der Waals surface area contributed by atoms with Gasteiger partial charge in [0.2, 0.25) is 0 Å². The number of aliphatic hydroxyl groups excluding tert-OH is 1. The Morgan fingerprint density at radius 2 is 2.19 bits per heavy atom. The number of piperidine rings is 1. The second-order valence-corrected chi connectivity index (χ2v) is 8.64. The van der Waals surface area contributed by atoms with Crippen molar-refractivity contribution >= 4 is 52.9 Å². The summed E-state index contributed by atoms with van der Waals surface area (Å²) < 4.78 is 0.691. The minimum absolute atomic E-state index is 0. The molecule has 0 radical (unpaired) electrons. The van der Waals surface area contributed by atoms with Crippen LogP contribution in [0.25, 0.3) is 0 Å². The van der Waals surface area contributed by atoms with Crippen LogP contribution in [-0.2, 0) is 0 Å². The highest BCUT2D eigenvalue weighted by Gasteiger charge is 2.17. The van der Waals surface area contributed by atoms with Gasteiger partial charge in [-0.2, -0.15) is 0 Å². The van der Waals surface area contributed by atoms with Crippen LogP contribution in [0.3, 0.4) is 0 Å².